The van der Waals surface area contributed by atoms with Crippen LogP contribution in [0.5, 0.6) is 5.75 Å². The van der Waals surface area contributed by atoms with Crippen LogP contribution in [-0.4, -0.2) is 18.6 Å². The lowest BCUT2D eigenvalue weighted by atomic mass is 9.82. The predicted molar refractivity (Wildman–Crippen MR) is 66.7 cm³/mol. The van der Waals surface area contributed by atoms with Crippen LogP contribution in [0.3, 0.4) is 0 Å². The van der Waals surface area contributed by atoms with E-state index in [1.54, 1.807) is 12.1 Å². The topological polar surface area (TPSA) is 64.3 Å². The van der Waals surface area contributed by atoms with Gasteiger partial charge in [0, 0.05) is 6.04 Å². The summed E-state index contributed by atoms with van der Waals surface area (Å²) in [7, 11) is 0. The van der Waals surface area contributed by atoms with Crippen molar-refractivity contribution in [2.45, 2.75) is 25.8 Å². The van der Waals surface area contributed by atoms with Crippen LogP contribution in [0.2, 0.25) is 0 Å². The van der Waals surface area contributed by atoms with Gasteiger partial charge in [-0.25, -0.2) is 0 Å². The van der Waals surface area contributed by atoms with Gasteiger partial charge in [-0.1, -0.05) is 19.1 Å². The van der Waals surface area contributed by atoms with E-state index >= 15 is 0 Å². The van der Waals surface area contributed by atoms with Gasteiger partial charge in [0.2, 0.25) is 0 Å². The molecule has 0 aromatic heterocycles. The molecule has 92 valence electrons. The zero-order valence-corrected chi connectivity index (χ0v) is 9.98. The molecule has 1 aliphatic carbocycles. The van der Waals surface area contributed by atoms with Gasteiger partial charge in [0.1, 0.15) is 5.75 Å². The number of carbonyl (C=O) groups excluding carboxylic acids is 1. The van der Waals surface area contributed by atoms with Crippen LogP contribution in [0.4, 0.5) is 5.69 Å². The molecule has 1 aromatic carbocycles. The molecule has 0 unspecified atom stereocenters. The molecule has 0 radical (unpaired) electrons. The van der Waals surface area contributed by atoms with Crippen LogP contribution in [0, 0.1) is 5.92 Å². The van der Waals surface area contributed by atoms with Gasteiger partial charge in [0.25, 0.3) is 5.91 Å². The Morgan fingerprint density at radius 2 is 2.18 bits per heavy atom. The van der Waals surface area contributed by atoms with Gasteiger partial charge in [-0.15, -0.1) is 0 Å². The van der Waals surface area contributed by atoms with E-state index in [4.69, 9.17) is 10.5 Å². The number of rotatable bonds is 4. The number of anilines is 1. The average molecular weight is 234 g/mol. The first-order chi connectivity index (χ1) is 8.15. The normalized spacial score (nSPS) is 22.6. The Labute approximate surface area is 101 Å². The second kappa shape index (κ2) is 5.08. The lowest BCUT2D eigenvalue weighted by molar-refractivity contribution is -0.124. The fourth-order valence-corrected chi connectivity index (χ4v) is 2.04. The zero-order chi connectivity index (χ0) is 12.3. The first-order valence-corrected chi connectivity index (χ1v) is 5.92. The van der Waals surface area contributed by atoms with E-state index < -0.39 is 0 Å². The number of carbonyl (C=O) groups is 1. The summed E-state index contributed by atoms with van der Waals surface area (Å²) in [6.07, 6.45) is 2.14. The lowest BCUT2D eigenvalue weighted by Crippen LogP contribution is -2.45. The number of hydrogen-bond acceptors (Lipinski definition) is 3. The molecule has 0 atom stereocenters. The van der Waals surface area contributed by atoms with Crippen LogP contribution in [-0.2, 0) is 4.79 Å². The van der Waals surface area contributed by atoms with Crippen LogP contribution >= 0.6 is 0 Å². The molecule has 0 aliphatic heterocycles. The van der Waals surface area contributed by atoms with Gasteiger partial charge in [-0.05, 0) is 30.9 Å². The number of nitrogens with one attached hydrogen (secondary N) is 1. The Hall–Kier alpha value is -1.71. The van der Waals surface area contributed by atoms with Gasteiger partial charge < -0.3 is 15.8 Å². The highest BCUT2D eigenvalue weighted by molar-refractivity contribution is 5.78. The summed E-state index contributed by atoms with van der Waals surface area (Å²) in [6.45, 7) is 2.21. The summed E-state index contributed by atoms with van der Waals surface area (Å²) in [4.78, 5) is 11.6. The van der Waals surface area contributed by atoms with Gasteiger partial charge in [-0.2, -0.15) is 0 Å². The molecule has 1 fully saturated rings. The fourth-order valence-electron chi connectivity index (χ4n) is 2.04. The van der Waals surface area contributed by atoms with Crippen molar-refractivity contribution in [3.05, 3.63) is 24.3 Å². The second-order valence-electron chi connectivity index (χ2n) is 4.67. The molecular weight excluding hydrogens is 216 g/mol. The lowest BCUT2D eigenvalue weighted by Gasteiger charge is -2.33. The molecular formula is C13H18N2O2. The van der Waals surface area contributed by atoms with E-state index in [2.05, 4.69) is 12.2 Å². The number of benzene rings is 1. The second-order valence-corrected chi connectivity index (χ2v) is 4.67. The minimum atomic E-state index is -0.0786. The van der Waals surface area contributed by atoms with Gasteiger partial charge in [0.15, 0.2) is 6.61 Å². The number of nitrogen functional groups attached to an aromatic ring is 1. The van der Waals surface area contributed by atoms with E-state index in [-0.39, 0.29) is 12.5 Å². The number of hydrogen-bond donors (Lipinski definition) is 2. The monoisotopic (exact) mass is 234 g/mol. The van der Waals surface area contributed by atoms with Crippen LogP contribution in [0.1, 0.15) is 19.8 Å². The maximum Gasteiger partial charge on any atom is 0.258 e. The highest BCUT2D eigenvalue weighted by Gasteiger charge is 2.26. The van der Waals surface area contributed by atoms with Crippen molar-refractivity contribution in [1.82, 2.24) is 5.32 Å². The Kier molecular flexibility index (Phi) is 3.52. The first-order valence-electron chi connectivity index (χ1n) is 5.92. The number of para-hydroxylation sites is 2. The van der Waals surface area contributed by atoms with Crippen LogP contribution in [0.25, 0.3) is 0 Å². The largest absolute Gasteiger partial charge is 0.482 e. The molecule has 2 rings (SSSR count). The maximum absolute atomic E-state index is 11.6. The number of nitrogens with two attached hydrogens (primary N) is 1. The molecule has 0 saturated heterocycles. The Morgan fingerprint density at radius 1 is 1.47 bits per heavy atom. The molecule has 0 bridgehead atoms. The van der Waals surface area contributed by atoms with Crippen molar-refractivity contribution >= 4 is 11.6 Å². The Morgan fingerprint density at radius 3 is 2.82 bits per heavy atom. The van der Waals surface area contributed by atoms with E-state index in [9.17, 15) is 4.79 Å². The van der Waals surface area contributed by atoms with Gasteiger partial charge in [0.05, 0.1) is 5.69 Å². The summed E-state index contributed by atoms with van der Waals surface area (Å²) in [6, 6.07) is 7.50. The molecule has 1 amide bonds. The number of ether oxygens (including phenoxy) is 1. The van der Waals surface area contributed by atoms with Gasteiger partial charge >= 0.3 is 0 Å². The standard InChI is InChI=1S/C13H18N2O2/c1-9-6-10(7-9)15-13(16)8-17-12-5-3-2-4-11(12)14/h2-5,9-10H,6-8,14H2,1H3,(H,15,16). The average Bonchev–Trinajstić information content (AvgIpc) is 2.26. The molecule has 17 heavy (non-hydrogen) atoms. The van der Waals surface area contributed by atoms with Crippen LogP contribution in [0.15, 0.2) is 24.3 Å². The third-order valence-electron chi connectivity index (χ3n) is 3.02. The minimum absolute atomic E-state index is 0.0269. The number of amides is 1. The molecule has 0 heterocycles. The third-order valence-corrected chi connectivity index (χ3v) is 3.02. The van der Waals surface area contributed by atoms with Gasteiger partial charge in [-0.3, -0.25) is 4.79 Å². The highest BCUT2D eigenvalue weighted by atomic mass is 16.5. The minimum Gasteiger partial charge on any atom is -0.482 e. The summed E-state index contributed by atoms with van der Waals surface area (Å²) in [5, 5.41) is 2.93. The zero-order valence-electron chi connectivity index (χ0n) is 9.98. The Balaban J connectivity index is 1.75. The van der Waals surface area contributed by atoms with Crippen LogP contribution < -0.4 is 15.8 Å². The summed E-state index contributed by atoms with van der Waals surface area (Å²) >= 11 is 0. The maximum atomic E-state index is 11.6. The quantitative estimate of drug-likeness (QED) is 0.777. The Bertz CT molecular complexity index is 400. The first kappa shape index (κ1) is 11.8. The van der Waals surface area contributed by atoms with Crippen molar-refractivity contribution < 1.29 is 9.53 Å². The van der Waals surface area contributed by atoms with E-state index in [0.29, 0.717) is 17.5 Å². The molecule has 4 heteroatoms. The summed E-state index contributed by atoms with van der Waals surface area (Å²) < 4.78 is 5.36. The van der Waals surface area contributed by atoms with Crippen molar-refractivity contribution in [3.63, 3.8) is 0 Å². The highest BCUT2D eigenvalue weighted by Crippen LogP contribution is 2.26. The summed E-state index contributed by atoms with van der Waals surface area (Å²) in [5.41, 5.74) is 6.26. The molecule has 1 aliphatic rings. The molecule has 0 spiro atoms. The predicted octanol–water partition coefficient (Wildman–Crippen LogP) is 1.56. The summed E-state index contributed by atoms with van der Waals surface area (Å²) in [5.74, 6) is 1.21. The van der Waals surface area contributed by atoms with Crippen molar-refractivity contribution in [2.75, 3.05) is 12.3 Å². The van der Waals surface area contributed by atoms with Crippen molar-refractivity contribution in [3.8, 4) is 5.75 Å². The van der Waals surface area contributed by atoms with E-state index in [0.717, 1.165) is 18.8 Å². The smallest absolute Gasteiger partial charge is 0.258 e. The molecule has 1 saturated carbocycles. The van der Waals surface area contributed by atoms with Crippen molar-refractivity contribution in [2.24, 2.45) is 5.92 Å². The van der Waals surface area contributed by atoms with Crippen molar-refractivity contribution in [1.29, 1.82) is 0 Å². The van der Waals surface area contributed by atoms with E-state index in [1.807, 2.05) is 12.1 Å². The molecule has 4 nitrogen and oxygen atoms in total. The van der Waals surface area contributed by atoms with E-state index in [1.165, 1.54) is 0 Å². The fraction of sp³-hybridized carbons (Fsp3) is 0.462. The molecule has 3 N–H and O–H groups in total. The molecule has 1 aromatic rings. The SMILES string of the molecule is CC1CC(NC(=O)COc2ccccc2N)C1. The third kappa shape index (κ3) is 3.12.